The van der Waals surface area contributed by atoms with Crippen LogP contribution in [0.4, 0.5) is 4.39 Å². The molecular weight excluding hydrogens is 349 g/mol. The Kier molecular flexibility index (Phi) is 7.98. The van der Waals surface area contributed by atoms with E-state index in [1.807, 2.05) is 6.92 Å². The van der Waals surface area contributed by atoms with Gasteiger partial charge in [-0.3, -0.25) is 9.59 Å². The van der Waals surface area contributed by atoms with E-state index in [0.29, 0.717) is 6.54 Å². The Morgan fingerprint density at radius 3 is 2.36 bits per heavy atom. The molecule has 7 nitrogen and oxygen atoms in total. The average Bonchev–Trinajstić information content (AvgIpc) is 2.55. The Bertz CT molecular complexity index is 707. The van der Waals surface area contributed by atoms with Gasteiger partial charge in [-0.05, 0) is 24.5 Å². The van der Waals surface area contributed by atoms with Crippen LogP contribution in [0.1, 0.15) is 27.2 Å². The highest BCUT2D eigenvalue weighted by Gasteiger charge is 2.29. The standard InChI is InChI=1S/C16H24FN3O4S/c1-4-9-18-14(21)10-19-16(22)15(11(2)3)20-25(23,24)13-8-6-5-7-12(13)17/h5-8,11,15,20H,4,9-10H2,1-3H3,(H,18,21)(H,19,22)/t15-/m0/s1. The van der Waals surface area contributed by atoms with E-state index in [0.717, 1.165) is 18.6 Å². The Balaban J connectivity index is 2.81. The number of hydrogen-bond donors (Lipinski definition) is 3. The summed E-state index contributed by atoms with van der Waals surface area (Å²) in [6.45, 7) is 5.41. The van der Waals surface area contributed by atoms with Crippen LogP contribution in [-0.4, -0.2) is 39.4 Å². The number of benzene rings is 1. The fourth-order valence-corrected chi connectivity index (χ4v) is 3.41. The predicted molar refractivity (Wildman–Crippen MR) is 91.7 cm³/mol. The summed E-state index contributed by atoms with van der Waals surface area (Å²) in [5, 5.41) is 4.99. The van der Waals surface area contributed by atoms with Crippen LogP contribution in [0.15, 0.2) is 29.2 Å². The van der Waals surface area contributed by atoms with Crippen molar-refractivity contribution in [3.05, 3.63) is 30.1 Å². The van der Waals surface area contributed by atoms with Crippen molar-refractivity contribution in [2.24, 2.45) is 5.92 Å². The van der Waals surface area contributed by atoms with Crippen molar-refractivity contribution in [2.75, 3.05) is 13.1 Å². The number of hydrogen-bond acceptors (Lipinski definition) is 4. The molecule has 0 aromatic heterocycles. The zero-order valence-electron chi connectivity index (χ0n) is 14.5. The van der Waals surface area contributed by atoms with Crippen LogP contribution in [0.5, 0.6) is 0 Å². The van der Waals surface area contributed by atoms with Crippen molar-refractivity contribution in [1.29, 1.82) is 0 Å². The molecule has 1 atom stereocenters. The predicted octanol–water partition coefficient (Wildman–Crippen LogP) is 0.771. The second-order valence-corrected chi connectivity index (χ2v) is 7.52. The Hall–Kier alpha value is -2.00. The first-order valence-electron chi connectivity index (χ1n) is 8.00. The van der Waals surface area contributed by atoms with E-state index < -0.39 is 38.6 Å². The second kappa shape index (κ2) is 9.47. The van der Waals surface area contributed by atoms with E-state index in [1.165, 1.54) is 12.1 Å². The molecule has 1 aromatic rings. The summed E-state index contributed by atoms with van der Waals surface area (Å²) in [5.41, 5.74) is 0. The van der Waals surface area contributed by atoms with E-state index in [4.69, 9.17) is 0 Å². The third-order valence-corrected chi connectivity index (χ3v) is 4.83. The molecule has 0 fully saturated rings. The number of carbonyl (C=O) groups is 2. The molecule has 1 aromatic carbocycles. The second-order valence-electron chi connectivity index (χ2n) is 5.84. The zero-order chi connectivity index (χ0) is 19.0. The summed E-state index contributed by atoms with van der Waals surface area (Å²) >= 11 is 0. The van der Waals surface area contributed by atoms with Gasteiger partial charge in [0.2, 0.25) is 21.8 Å². The molecule has 0 heterocycles. The summed E-state index contributed by atoms with van der Waals surface area (Å²) in [6, 6.07) is 3.77. The highest BCUT2D eigenvalue weighted by molar-refractivity contribution is 7.89. The van der Waals surface area contributed by atoms with Gasteiger partial charge < -0.3 is 10.6 Å². The Morgan fingerprint density at radius 1 is 1.16 bits per heavy atom. The Morgan fingerprint density at radius 2 is 1.80 bits per heavy atom. The lowest BCUT2D eigenvalue weighted by molar-refractivity contribution is -0.127. The maximum atomic E-state index is 13.7. The zero-order valence-corrected chi connectivity index (χ0v) is 15.3. The molecule has 0 aliphatic carbocycles. The molecule has 0 saturated heterocycles. The van der Waals surface area contributed by atoms with Crippen LogP contribution >= 0.6 is 0 Å². The van der Waals surface area contributed by atoms with Crippen LogP contribution < -0.4 is 15.4 Å². The molecule has 140 valence electrons. The number of amides is 2. The number of halogens is 1. The van der Waals surface area contributed by atoms with E-state index in [1.54, 1.807) is 13.8 Å². The lowest BCUT2D eigenvalue weighted by atomic mass is 10.1. The number of sulfonamides is 1. The molecule has 0 radical (unpaired) electrons. The van der Waals surface area contributed by atoms with E-state index in [-0.39, 0.29) is 12.5 Å². The normalized spacial score (nSPS) is 12.7. The van der Waals surface area contributed by atoms with Crippen LogP contribution in [-0.2, 0) is 19.6 Å². The minimum absolute atomic E-state index is 0.260. The first-order chi connectivity index (χ1) is 11.7. The summed E-state index contributed by atoms with van der Waals surface area (Å²) < 4.78 is 40.6. The first kappa shape index (κ1) is 21.0. The highest BCUT2D eigenvalue weighted by Crippen LogP contribution is 2.15. The molecule has 2 amide bonds. The van der Waals surface area contributed by atoms with Gasteiger partial charge in [0.25, 0.3) is 0 Å². The van der Waals surface area contributed by atoms with Crippen molar-refractivity contribution >= 4 is 21.8 Å². The first-order valence-corrected chi connectivity index (χ1v) is 9.48. The van der Waals surface area contributed by atoms with Crippen molar-refractivity contribution in [2.45, 2.75) is 38.1 Å². The summed E-state index contributed by atoms with van der Waals surface area (Å²) in [6.07, 6.45) is 0.761. The van der Waals surface area contributed by atoms with Crippen molar-refractivity contribution in [1.82, 2.24) is 15.4 Å². The molecular formula is C16H24FN3O4S. The van der Waals surface area contributed by atoms with Crippen molar-refractivity contribution in [3.8, 4) is 0 Å². The molecule has 3 N–H and O–H groups in total. The van der Waals surface area contributed by atoms with Crippen molar-refractivity contribution < 1.29 is 22.4 Å². The maximum absolute atomic E-state index is 13.7. The van der Waals surface area contributed by atoms with Gasteiger partial charge >= 0.3 is 0 Å². The van der Waals surface area contributed by atoms with Gasteiger partial charge in [-0.2, -0.15) is 4.72 Å². The lowest BCUT2D eigenvalue weighted by Crippen LogP contribution is -2.51. The van der Waals surface area contributed by atoms with Gasteiger partial charge in [-0.25, -0.2) is 12.8 Å². The quantitative estimate of drug-likeness (QED) is 0.595. The van der Waals surface area contributed by atoms with E-state index >= 15 is 0 Å². The fraction of sp³-hybridized carbons (Fsp3) is 0.500. The van der Waals surface area contributed by atoms with Crippen LogP contribution in [0.2, 0.25) is 0 Å². The molecule has 0 saturated carbocycles. The van der Waals surface area contributed by atoms with Crippen molar-refractivity contribution in [3.63, 3.8) is 0 Å². The molecule has 25 heavy (non-hydrogen) atoms. The number of nitrogens with one attached hydrogen (secondary N) is 3. The minimum atomic E-state index is -4.22. The summed E-state index contributed by atoms with van der Waals surface area (Å²) in [7, 11) is -4.22. The van der Waals surface area contributed by atoms with Gasteiger partial charge in [0, 0.05) is 6.54 Å². The lowest BCUT2D eigenvalue weighted by Gasteiger charge is -2.21. The Labute approximate surface area is 147 Å². The van der Waals surface area contributed by atoms with Gasteiger partial charge in [0.1, 0.15) is 16.8 Å². The monoisotopic (exact) mass is 373 g/mol. The average molecular weight is 373 g/mol. The summed E-state index contributed by atoms with van der Waals surface area (Å²) in [5.74, 6) is -2.33. The molecule has 0 unspecified atom stereocenters. The van der Waals surface area contributed by atoms with Crippen LogP contribution in [0.25, 0.3) is 0 Å². The molecule has 0 aliphatic heterocycles. The number of carbonyl (C=O) groups excluding carboxylic acids is 2. The van der Waals surface area contributed by atoms with Gasteiger partial charge in [0.15, 0.2) is 0 Å². The van der Waals surface area contributed by atoms with Crippen LogP contribution in [0.3, 0.4) is 0 Å². The summed E-state index contributed by atoms with van der Waals surface area (Å²) in [4.78, 5) is 23.2. The third-order valence-electron chi connectivity index (χ3n) is 3.35. The highest BCUT2D eigenvalue weighted by atomic mass is 32.2. The molecule has 0 bridgehead atoms. The molecule has 0 aliphatic rings. The SMILES string of the molecule is CCCNC(=O)CNC(=O)[C@@H](NS(=O)(=O)c1ccccc1F)C(C)C. The smallest absolute Gasteiger partial charge is 0.244 e. The van der Waals surface area contributed by atoms with E-state index in [2.05, 4.69) is 15.4 Å². The topological polar surface area (TPSA) is 104 Å². The van der Waals surface area contributed by atoms with Crippen LogP contribution in [0, 0.1) is 11.7 Å². The van der Waals surface area contributed by atoms with Gasteiger partial charge in [-0.1, -0.05) is 32.9 Å². The number of rotatable bonds is 9. The van der Waals surface area contributed by atoms with Gasteiger partial charge in [-0.15, -0.1) is 0 Å². The third kappa shape index (κ3) is 6.43. The fourth-order valence-electron chi connectivity index (χ4n) is 1.99. The molecule has 0 spiro atoms. The molecule has 1 rings (SSSR count). The maximum Gasteiger partial charge on any atom is 0.244 e. The minimum Gasteiger partial charge on any atom is -0.355 e. The molecule has 9 heteroatoms. The van der Waals surface area contributed by atoms with Gasteiger partial charge in [0.05, 0.1) is 6.54 Å². The van der Waals surface area contributed by atoms with E-state index in [9.17, 15) is 22.4 Å². The largest absolute Gasteiger partial charge is 0.355 e.